The van der Waals surface area contributed by atoms with E-state index in [1.54, 1.807) is 48.5 Å². The molecule has 180 valence electrons. The van der Waals surface area contributed by atoms with Gasteiger partial charge in [-0.15, -0.1) is 6.42 Å². The first-order chi connectivity index (χ1) is 16.7. The SMILES string of the molecule is C#Cc1cccc(N(CC(=O)NC)C(=O)c2ccc(S(=O)(=O)N(C)c3ccccc3OC)cc2)c1. The van der Waals surface area contributed by atoms with E-state index in [9.17, 15) is 18.0 Å². The predicted molar refractivity (Wildman–Crippen MR) is 135 cm³/mol. The van der Waals surface area contributed by atoms with Crippen LogP contribution >= 0.6 is 0 Å². The minimum Gasteiger partial charge on any atom is -0.495 e. The maximum atomic E-state index is 13.3. The average molecular weight is 492 g/mol. The highest BCUT2D eigenvalue weighted by atomic mass is 32.2. The van der Waals surface area contributed by atoms with Crippen molar-refractivity contribution in [3.8, 4) is 18.1 Å². The van der Waals surface area contributed by atoms with Crippen molar-refractivity contribution in [2.24, 2.45) is 0 Å². The van der Waals surface area contributed by atoms with Crippen molar-refractivity contribution in [1.29, 1.82) is 0 Å². The summed E-state index contributed by atoms with van der Waals surface area (Å²) in [5.74, 6) is 2.06. The van der Waals surface area contributed by atoms with Gasteiger partial charge in [-0.2, -0.15) is 0 Å². The maximum absolute atomic E-state index is 13.3. The molecule has 3 rings (SSSR count). The molecule has 0 bridgehead atoms. The summed E-state index contributed by atoms with van der Waals surface area (Å²) < 4.78 is 32.8. The van der Waals surface area contributed by atoms with Crippen molar-refractivity contribution < 1.29 is 22.7 Å². The fourth-order valence-corrected chi connectivity index (χ4v) is 4.58. The predicted octanol–water partition coefficient (Wildman–Crippen LogP) is 2.89. The van der Waals surface area contributed by atoms with E-state index in [1.165, 1.54) is 50.4 Å². The zero-order chi connectivity index (χ0) is 25.6. The van der Waals surface area contributed by atoms with Gasteiger partial charge in [0.05, 0.1) is 17.7 Å². The Morgan fingerprint density at radius 1 is 1.03 bits per heavy atom. The van der Waals surface area contributed by atoms with Crippen molar-refractivity contribution in [3.63, 3.8) is 0 Å². The number of anilines is 2. The van der Waals surface area contributed by atoms with Crippen LogP contribution in [-0.4, -0.2) is 48.0 Å². The fraction of sp³-hybridized carbons (Fsp3) is 0.154. The minimum absolute atomic E-state index is 0.00497. The van der Waals surface area contributed by atoms with E-state index in [2.05, 4.69) is 11.2 Å². The molecule has 3 aromatic carbocycles. The molecule has 0 heterocycles. The van der Waals surface area contributed by atoms with Gasteiger partial charge in [0.1, 0.15) is 12.3 Å². The number of nitrogens with zero attached hydrogens (tertiary/aromatic N) is 2. The first-order valence-corrected chi connectivity index (χ1v) is 12.0. The molecule has 2 amide bonds. The van der Waals surface area contributed by atoms with Gasteiger partial charge in [-0.3, -0.25) is 18.8 Å². The molecule has 3 aromatic rings. The van der Waals surface area contributed by atoms with Gasteiger partial charge in [0.25, 0.3) is 15.9 Å². The molecule has 0 aromatic heterocycles. The van der Waals surface area contributed by atoms with Crippen LogP contribution in [0.5, 0.6) is 5.75 Å². The van der Waals surface area contributed by atoms with Gasteiger partial charge >= 0.3 is 0 Å². The smallest absolute Gasteiger partial charge is 0.264 e. The molecule has 0 aliphatic heterocycles. The first-order valence-electron chi connectivity index (χ1n) is 10.5. The van der Waals surface area contributed by atoms with Gasteiger partial charge in [-0.25, -0.2) is 8.42 Å². The molecule has 0 aliphatic rings. The van der Waals surface area contributed by atoms with Crippen LogP contribution in [0.15, 0.2) is 77.7 Å². The summed E-state index contributed by atoms with van der Waals surface area (Å²) in [6.07, 6.45) is 5.47. The van der Waals surface area contributed by atoms with E-state index in [4.69, 9.17) is 11.2 Å². The quantitative estimate of drug-likeness (QED) is 0.489. The van der Waals surface area contributed by atoms with Crippen LogP contribution in [0, 0.1) is 12.3 Å². The van der Waals surface area contributed by atoms with Crippen LogP contribution in [0.4, 0.5) is 11.4 Å². The number of carbonyl (C=O) groups excluding carboxylic acids is 2. The maximum Gasteiger partial charge on any atom is 0.264 e. The Morgan fingerprint density at radius 3 is 2.34 bits per heavy atom. The zero-order valence-corrected chi connectivity index (χ0v) is 20.4. The number of terminal acetylenes is 1. The number of nitrogens with one attached hydrogen (secondary N) is 1. The lowest BCUT2D eigenvalue weighted by Crippen LogP contribution is -2.39. The van der Waals surface area contributed by atoms with E-state index in [0.29, 0.717) is 22.7 Å². The number of hydrogen-bond donors (Lipinski definition) is 1. The number of benzene rings is 3. The fourth-order valence-electron chi connectivity index (χ4n) is 3.37. The highest BCUT2D eigenvalue weighted by molar-refractivity contribution is 7.92. The number of sulfonamides is 1. The Bertz CT molecular complexity index is 1380. The summed E-state index contributed by atoms with van der Waals surface area (Å²) in [6.45, 7) is -0.236. The Kier molecular flexibility index (Phi) is 7.79. The van der Waals surface area contributed by atoms with Crippen molar-refractivity contribution in [1.82, 2.24) is 5.32 Å². The summed E-state index contributed by atoms with van der Waals surface area (Å²) in [5.41, 5.74) is 1.58. The largest absolute Gasteiger partial charge is 0.495 e. The molecule has 0 spiro atoms. The molecular formula is C26H25N3O5S. The lowest BCUT2D eigenvalue weighted by Gasteiger charge is -2.23. The number of methoxy groups -OCH3 is 1. The number of amides is 2. The summed E-state index contributed by atoms with van der Waals surface area (Å²) in [5, 5.41) is 2.50. The Labute approximate surface area is 205 Å². The summed E-state index contributed by atoms with van der Waals surface area (Å²) in [6, 6.07) is 19.0. The number of ether oxygens (including phenoxy) is 1. The molecule has 0 radical (unpaired) electrons. The first kappa shape index (κ1) is 25.3. The molecule has 0 atom stereocenters. The van der Waals surface area contributed by atoms with E-state index in [-0.39, 0.29) is 22.9 Å². The molecule has 8 nitrogen and oxygen atoms in total. The second-order valence-electron chi connectivity index (χ2n) is 7.43. The summed E-state index contributed by atoms with van der Waals surface area (Å²) in [4.78, 5) is 26.7. The second-order valence-corrected chi connectivity index (χ2v) is 9.40. The molecule has 35 heavy (non-hydrogen) atoms. The number of carbonyl (C=O) groups is 2. The second kappa shape index (κ2) is 10.8. The summed E-state index contributed by atoms with van der Waals surface area (Å²) >= 11 is 0. The third-order valence-corrected chi connectivity index (χ3v) is 7.12. The van der Waals surface area contributed by atoms with Crippen LogP contribution in [0.25, 0.3) is 0 Å². The van der Waals surface area contributed by atoms with E-state index in [0.717, 1.165) is 4.31 Å². The highest BCUT2D eigenvalue weighted by Gasteiger charge is 2.25. The molecule has 9 heteroatoms. The Balaban J connectivity index is 1.93. The van der Waals surface area contributed by atoms with Crippen LogP contribution < -0.4 is 19.3 Å². The van der Waals surface area contributed by atoms with Gasteiger partial charge in [0.15, 0.2) is 0 Å². The van der Waals surface area contributed by atoms with Crippen LogP contribution in [-0.2, 0) is 14.8 Å². The Morgan fingerprint density at radius 2 is 1.71 bits per heavy atom. The Hall–Kier alpha value is -4.29. The van der Waals surface area contributed by atoms with Crippen LogP contribution in [0.1, 0.15) is 15.9 Å². The lowest BCUT2D eigenvalue weighted by atomic mass is 10.1. The lowest BCUT2D eigenvalue weighted by molar-refractivity contribution is -0.119. The van der Waals surface area contributed by atoms with Gasteiger partial charge in [0, 0.05) is 30.9 Å². The third kappa shape index (κ3) is 5.45. The minimum atomic E-state index is -3.93. The number of hydrogen-bond acceptors (Lipinski definition) is 5. The van der Waals surface area contributed by atoms with E-state index >= 15 is 0 Å². The number of rotatable bonds is 8. The molecule has 0 unspecified atom stereocenters. The highest BCUT2D eigenvalue weighted by Crippen LogP contribution is 2.31. The molecular weight excluding hydrogens is 466 g/mol. The monoisotopic (exact) mass is 491 g/mol. The van der Waals surface area contributed by atoms with Crippen molar-refractivity contribution in [3.05, 3.63) is 83.9 Å². The molecule has 0 saturated carbocycles. The molecule has 0 fully saturated rings. The van der Waals surface area contributed by atoms with Gasteiger partial charge in [-0.05, 0) is 54.6 Å². The van der Waals surface area contributed by atoms with E-state index < -0.39 is 15.9 Å². The van der Waals surface area contributed by atoms with Gasteiger partial charge in [0.2, 0.25) is 5.91 Å². The van der Waals surface area contributed by atoms with Crippen molar-refractivity contribution >= 4 is 33.2 Å². The van der Waals surface area contributed by atoms with Gasteiger partial charge in [-0.1, -0.05) is 24.1 Å². The zero-order valence-electron chi connectivity index (χ0n) is 19.6. The van der Waals surface area contributed by atoms with Crippen molar-refractivity contribution in [2.45, 2.75) is 4.90 Å². The standard InChI is InChI=1S/C26H25N3O5S/c1-5-19-9-8-10-21(17-19)29(18-25(30)27-2)26(31)20-13-15-22(16-14-20)35(32,33)28(3)23-11-6-7-12-24(23)34-4/h1,6-17H,18H2,2-4H3,(H,27,30). The van der Waals surface area contributed by atoms with Gasteiger partial charge < -0.3 is 10.1 Å². The van der Waals surface area contributed by atoms with Crippen LogP contribution in [0.3, 0.4) is 0 Å². The van der Waals surface area contributed by atoms with E-state index in [1.807, 2.05) is 0 Å². The van der Waals surface area contributed by atoms with Crippen molar-refractivity contribution in [2.75, 3.05) is 37.0 Å². The number of para-hydroxylation sites is 2. The number of likely N-dealkylation sites (N-methyl/N-ethyl adjacent to an activating group) is 1. The van der Waals surface area contributed by atoms with Crippen LogP contribution in [0.2, 0.25) is 0 Å². The molecule has 0 saturated heterocycles. The molecule has 1 N–H and O–H groups in total. The normalized spacial score (nSPS) is 10.7. The third-order valence-electron chi connectivity index (χ3n) is 5.33. The average Bonchev–Trinajstić information content (AvgIpc) is 2.90. The molecule has 0 aliphatic carbocycles. The topological polar surface area (TPSA) is 96.0 Å². The summed E-state index contributed by atoms with van der Waals surface area (Å²) in [7, 11) is 0.432.